The van der Waals surface area contributed by atoms with Crippen LogP contribution in [0.25, 0.3) is 0 Å². The van der Waals surface area contributed by atoms with Crippen LogP contribution in [0.5, 0.6) is 11.8 Å². The lowest BCUT2D eigenvalue weighted by atomic mass is 10.2. The highest BCUT2D eigenvalue weighted by Gasteiger charge is 2.15. The van der Waals surface area contributed by atoms with Gasteiger partial charge in [0.25, 0.3) is 0 Å². The minimum absolute atomic E-state index is 0.262. The van der Waals surface area contributed by atoms with E-state index in [1.54, 1.807) is 6.92 Å². The maximum Gasteiger partial charge on any atom is 0.534 e. The first kappa shape index (κ1) is 13.2. The van der Waals surface area contributed by atoms with Gasteiger partial charge >= 0.3 is 6.16 Å². The maximum absolute atomic E-state index is 11.3. The molecule has 6 nitrogen and oxygen atoms in total. The summed E-state index contributed by atoms with van der Waals surface area (Å²) in [6, 6.07) is 2.40. The van der Waals surface area contributed by atoms with Crippen LogP contribution in [0.3, 0.4) is 0 Å². The fraction of sp³-hybridized carbons (Fsp3) is 0.545. The van der Waals surface area contributed by atoms with E-state index in [0.29, 0.717) is 4.73 Å². The van der Waals surface area contributed by atoms with Gasteiger partial charge in [-0.2, -0.15) is 0 Å². The van der Waals surface area contributed by atoms with Crippen LogP contribution in [0.15, 0.2) is 12.1 Å². The molecule has 0 bridgehead atoms. The lowest BCUT2D eigenvalue weighted by Crippen LogP contribution is -2.24. The summed E-state index contributed by atoms with van der Waals surface area (Å²) >= 11 is 0. The molecule has 1 aromatic rings. The van der Waals surface area contributed by atoms with Crippen molar-refractivity contribution in [3.8, 4) is 11.8 Å². The molecule has 96 valence electrons. The zero-order chi connectivity index (χ0) is 12.8. The number of carbonyl (C=O) groups is 1. The van der Waals surface area contributed by atoms with Crippen LogP contribution < -0.4 is 4.84 Å². The average Bonchev–Trinajstić information content (AvgIpc) is 2.58. The molecular formula is C11H17NO5. The van der Waals surface area contributed by atoms with Gasteiger partial charge in [0, 0.05) is 12.1 Å². The Morgan fingerprint density at radius 1 is 1.41 bits per heavy atom. The summed E-state index contributed by atoms with van der Waals surface area (Å²) in [5, 5.41) is 18.5. The lowest BCUT2D eigenvalue weighted by Gasteiger charge is -2.12. The Hall–Kier alpha value is -1.85. The topological polar surface area (TPSA) is 80.9 Å². The first-order valence-electron chi connectivity index (χ1n) is 5.53. The molecule has 1 heterocycles. The van der Waals surface area contributed by atoms with Crippen molar-refractivity contribution in [1.82, 2.24) is 4.73 Å². The number of unbranched alkanes of at least 4 members (excludes halogenated alkanes) is 1. The molecule has 1 unspecified atom stereocenters. The Labute approximate surface area is 99.3 Å². The maximum atomic E-state index is 11.3. The van der Waals surface area contributed by atoms with Gasteiger partial charge in [0.15, 0.2) is 0 Å². The Kier molecular flexibility index (Phi) is 4.68. The summed E-state index contributed by atoms with van der Waals surface area (Å²) in [4.78, 5) is 15.9. The van der Waals surface area contributed by atoms with E-state index >= 15 is 0 Å². The predicted molar refractivity (Wildman–Crippen MR) is 59.8 cm³/mol. The van der Waals surface area contributed by atoms with E-state index in [-0.39, 0.29) is 17.9 Å². The Balaban J connectivity index is 2.44. The van der Waals surface area contributed by atoms with Gasteiger partial charge in [-0.15, -0.1) is 4.73 Å². The fourth-order valence-corrected chi connectivity index (χ4v) is 1.31. The zero-order valence-corrected chi connectivity index (χ0v) is 9.92. The van der Waals surface area contributed by atoms with Crippen molar-refractivity contribution in [3.05, 3.63) is 12.1 Å². The number of hydrogen-bond donors (Lipinski definition) is 2. The Morgan fingerprint density at radius 3 is 2.53 bits per heavy atom. The van der Waals surface area contributed by atoms with Crippen LogP contribution in [0, 0.1) is 0 Å². The smallest absolute Gasteiger partial charge is 0.492 e. The molecule has 0 fully saturated rings. The number of carbonyl (C=O) groups excluding carboxylic acids is 1. The second-order valence-corrected chi connectivity index (χ2v) is 3.76. The Morgan fingerprint density at radius 2 is 2.00 bits per heavy atom. The van der Waals surface area contributed by atoms with E-state index in [1.165, 1.54) is 12.1 Å². The first-order valence-corrected chi connectivity index (χ1v) is 5.53. The van der Waals surface area contributed by atoms with Crippen molar-refractivity contribution in [2.45, 2.75) is 39.2 Å². The molecule has 6 heteroatoms. The highest BCUT2D eigenvalue weighted by molar-refractivity contribution is 5.60. The molecule has 0 saturated heterocycles. The predicted octanol–water partition coefficient (Wildman–Crippen LogP) is 2.04. The normalized spacial score (nSPS) is 12.1. The standard InChI is InChI=1S/C11H17NO5/c1-3-4-5-8(2)16-11(15)17-12-9(13)6-7-10(12)14/h6-8,13-14H,3-5H2,1-2H3. The molecule has 0 radical (unpaired) electrons. The van der Waals surface area contributed by atoms with Crippen molar-refractivity contribution < 1.29 is 24.6 Å². The highest BCUT2D eigenvalue weighted by Crippen LogP contribution is 2.19. The molecule has 2 N–H and O–H groups in total. The quantitative estimate of drug-likeness (QED) is 0.773. The summed E-state index contributed by atoms with van der Waals surface area (Å²) in [5.41, 5.74) is 0. The molecule has 1 aromatic heterocycles. The highest BCUT2D eigenvalue weighted by atomic mass is 16.8. The van der Waals surface area contributed by atoms with Crippen LogP contribution in [0.1, 0.15) is 33.1 Å². The minimum Gasteiger partial charge on any atom is -0.492 e. The molecule has 0 aromatic carbocycles. The molecule has 0 amide bonds. The van der Waals surface area contributed by atoms with E-state index in [0.717, 1.165) is 19.3 Å². The van der Waals surface area contributed by atoms with Crippen LogP contribution in [0.2, 0.25) is 0 Å². The second-order valence-electron chi connectivity index (χ2n) is 3.76. The third kappa shape index (κ3) is 3.90. The molecule has 17 heavy (non-hydrogen) atoms. The molecule has 1 atom stereocenters. The van der Waals surface area contributed by atoms with Gasteiger partial charge in [-0.05, 0) is 13.3 Å². The van der Waals surface area contributed by atoms with E-state index in [9.17, 15) is 15.0 Å². The molecule has 0 aliphatic rings. The number of rotatable bonds is 5. The number of nitrogens with zero attached hydrogens (tertiary/aromatic N) is 1. The van der Waals surface area contributed by atoms with Crippen LogP contribution in [-0.2, 0) is 4.74 Å². The number of aromatic nitrogens is 1. The van der Waals surface area contributed by atoms with Gasteiger partial charge < -0.3 is 14.9 Å². The van der Waals surface area contributed by atoms with Crippen LogP contribution >= 0.6 is 0 Å². The van der Waals surface area contributed by atoms with Crippen molar-refractivity contribution >= 4 is 6.16 Å². The minimum atomic E-state index is -0.963. The second kappa shape index (κ2) is 6.03. The lowest BCUT2D eigenvalue weighted by molar-refractivity contribution is 0.0115. The number of hydrogen-bond acceptors (Lipinski definition) is 5. The van der Waals surface area contributed by atoms with E-state index in [4.69, 9.17) is 4.74 Å². The fourth-order valence-electron chi connectivity index (χ4n) is 1.31. The van der Waals surface area contributed by atoms with Crippen molar-refractivity contribution in [1.29, 1.82) is 0 Å². The molecule has 0 spiro atoms. The number of aromatic hydroxyl groups is 2. The van der Waals surface area contributed by atoms with E-state index in [2.05, 4.69) is 4.84 Å². The first-order chi connectivity index (χ1) is 8.04. The summed E-state index contributed by atoms with van der Waals surface area (Å²) in [6.45, 7) is 3.80. The van der Waals surface area contributed by atoms with Crippen molar-refractivity contribution in [3.63, 3.8) is 0 Å². The summed E-state index contributed by atoms with van der Waals surface area (Å²) < 4.78 is 5.52. The van der Waals surface area contributed by atoms with Gasteiger partial charge in [-0.3, -0.25) is 4.84 Å². The van der Waals surface area contributed by atoms with Crippen molar-refractivity contribution in [2.75, 3.05) is 0 Å². The SMILES string of the molecule is CCCCC(C)OC(=O)On1c(O)ccc1O. The van der Waals surface area contributed by atoms with Crippen molar-refractivity contribution in [2.24, 2.45) is 0 Å². The van der Waals surface area contributed by atoms with Gasteiger partial charge in [0.1, 0.15) is 6.10 Å². The zero-order valence-electron chi connectivity index (χ0n) is 9.92. The molecule has 0 saturated carbocycles. The summed E-state index contributed by atoms with van der Waals surface area (Å²) in [6.07, 6.45) is 1.49. The molecule has 0 aliphatic heterocycles. The van der Waals surface area contributed by atoms with E-state index < -0.39 is 6.16 Å². The van der Waals surface area contributed by atoms with Gasteiger partial charge in [-0.25, -0.2) is 4.79 Å². The Bertz CT molecular complexity index is 354. The molecular weight excluding hydrogens is 226 g/mol. The van der Waals surface area contributed by atoms with Gasteiger partial charge in [0.2, 0.25) is 11.8 Å². The number of ether oxygens (including phenoxy) is 1. The average molecular weight is 243 g/mol. The van der Waals surface area contributed by atoms with Crippen LogP contribution in [0.4, 0.5) is 4.79 Å². The van der Waals surface area contributed by atoms with Gasteiger partial charge in [-0.1, -0.05) is 19.8 Å². The third-order valence-electron chi connectivity index (χ3n) is 2.23. The molecule has 1 rings (SSSR count). The summed E-state index contributed by atoms with van der Waals surface area (Å²) in [7, 11) is 0. The van der Waals surface area contributed by atoms with E-state index in [1.807, 2.05) is 6.92 Å². The monoisotopic (exact) mass is 243 g/mol. The van der Waals surface area contributed by atoms with Crippen LogP contribution in [-0.4, -0.2) is 27.2 Å². The molecule has 0 aliphatic carbocycles. The summed E-state index contributed by atoms with van der Waals surface area (Å²) in [5.74, 6) is -0.749. The third-order valence-corrected chi connectivity index (χ3v) is 2.23. The van der Waals surface area contributed by atoms with Gasteiger partial charge in [0.05, 0.1) is 0 Å². The largest absolute Gasteiger partial charge is 0.534 e.